The second-order valence-electron chi connectivity index (χ2n) is 6.19. The fraction of sp³-hybridized carbons (Fsp3) is 0.333. The van der Waals surface area contributed by atoms with Crippen molar-refractivity contribution in [3.05, 3.63) is 60.2 Å². The van der Waals surface area contributed by atoms with Crippen molar-refractivity contribution < 1.29 is 22.7 Å². The van der Waals surface area contributed by atoms with Crippen LogP contribution >= 0.6 is 0 Å². The number of carbonyl (C=O) groups excluding carboxylic acids is 2. The van der Waals surface area contributed by atoms with Gasteiger partial charge in [0, 0.05) is 38.6 Å². The SMILES string of the molecule is O=C(OCC(=O)N1CCN(S(=O)(=O)Cc2ccccc2)CC1)c1cnccn1. The molecule has 10 heteroatoms. The molecule has 1 amide bonds. The van der Waals surface area contributed by atoms with E-state index >= 15 is 0 Å². The molecule has 0 aliphatic carbocycles. The minimum atomic E-state index is -3.45. The van der Waals surface area contributed by atoms with E-state index in [-0.39, 0.29) is 43.5 Å². The van der Waals surface area contributed by atoms with Gasteiger partial charge in [-0.3, -0.25) is 9.78 Å². The third-order valence-electron chi connectivity index (χ3n) is 4.28. The number of hydrogen-bond acceptors (Lipinski definition) is 7. The smallest absolute Gasteiger partial charge is 0.359 e. The summed E-state index contributed by atoms with van der Waals surface area (Å²) < 4.78 is 31.4. The number of amides is 1. The van der Waals surface area contributed by atoms with Gasteiger partial charge in [0.05, 0.1) is 11.9 Å². The summed E-state index contributed by atoms with van der Waals surface area (Å²) in [5.74, 6) is -1.18. The van der Waals surface area contributed by atoms with Crippen LogP contribution in [0.25, 0.3) is 0 Å². The van der Waals surface area contributed by atoms with Crippen LogP contribution in [0.15, 0.2) is 48.9 Å². The third kappa shape index (κ3) is 5.11. The number of carbonyl (C=O) groups is 2. The lowest BCUT2D eigenvalue weighted by Crippen LogP contribution is -2.51. The fourth-order valence-electron chi connectivity index (χ4n) is 2.79. The molecule has 9 nitrogen and oxygen atoms in total. The molecule has 2 aromatic rings. The Morgan fingerprint density at radius 1 is 1.04 bits per heavy atom. The molecule has 1 aliphatic heterocycles. The topological polar surface area (TPSA) is 110 Å². The maximum Gasteiger partial charge on any atom is 0.359 e. The minimum absolute atomic E-state index is 0.0205. The maximum absolute atomic E-state index is 12.5. The van der Waals surface area contributed by atoms with Crippen LogP contribution in [0.5, 0.6) is 0 Å². The van der Waals surface area contributed by atoms with Crippen molar-refractivity contribution >= 4 is 21.9 Å². The van der Waals surface area contributed by atoms with E-state index in [1.54, 1.807) is 24.3 Å². The van der Waals surface area contributed by atoms with Gasteiger partial charge in [0.1, 0.15) is 0 Å². The first-order valence-electron chi connectivity index (χ1n) is 8.68. The van der Waals surface area contributed by atoms with Crippen molar-refractivity contribution in [1.82, 2.24) is 19.2 Å². The zero-order chi connectivity index (χ0) is 20.0. The molecule has 0 spiro atoms. The van der Waals surface area contributed by atoms with Gasteiger partial charge in [0.15, 0.2) is 12.3 Å². The van der Waals surface area contributed by atoms with Crippen molar-refractivity contribution in [2.45, 2.75) is 5.75 Å². The van der Waals surface area contributed by atoms with E-state index in [2.05, 4.69) is 9.97 Å². The van der Waals surface area contributed by atoms with Crippen LogP contribution in [-0.4, -0.2) is 72.3 Å². The van der Waals surface area contributed by atoms with Crippen LogP contribution in [0, 0.1) is 0 Å². The van der Waals surface area contributed by atoms with E-state index in [0.717, 1.165) is 5.56 Å². The summed E-state index contributed by atoms with van der Waals surface area (Å²) in [5, 5.41) is 0. The number of benzene rings is 1. The van der Waals surface area contributed by atoms with E-state index in [9.17, 15) is 18.0 Å². The molecule has 0 saturated carbocycles. The minimum Gasteiger partial charge on any atom is -0.451 e. The van der Waals surface area contributed by atoms with Crippen molar-refractivity contribution in [3.63, 3.8) is 0 Å². The summed E-state index contributed by atoms with van der Waals surface area (Å²) in [6.07, 6.45) is 4.03. The zero-order valence-electron chi connectivity index (χ0n) is 15.1. The quantitative estimate of drug-likeness (QED) is 0.637. The Morgan fingerprint density at radius 3 is 2.39 bits per heavy atom. The predicted octanol–water partition coefficient (Wildman–Crippen LogP) is 0.308. The van der Waals surface area contributed by atoms with Crippen LogP contribution in [0.2, 0.25) is 0 Å². The highest BCUT2D eigenvalue weighted by molar-refractivity contribution is 7.88. The Bertz CT molecular complexity index is 914. The van der Waals surface area contributed by atoms with Gasteiger partial charge in [-0.25, -0.2) is 18.2 Å². The molecule has 0 radical (unpaired) electrons. The Morgan fingerprint density at radius 2 is 1.75 bits per heavy atom. The molecule has 1 fully saturated rings. The molecule has 0 atom stereocenters. The van der Waals surface area contributed by atoms with E-state index in [4.69, 9.17) is 4.74 Å². The summed E-state index contributed by atoms with van der Waals surface area (Å²) in [6, 6.07) is 8.96. The lowest BCUT2D eigenvalue weighted by Gasteiger charge is -2.33. The molecule has 1 aromatic heterocycles. The first-order valence-corrected chi connectivity index (χ1v) is 10.3. The van der Waals surface area contributed by atoms with Gasteiger partial charge in [-0.15, -0.1) is 0 Å². The summed E-state index contributed by atoms with van der Waals surface area (Å²) in [7, 11) is -3.45. The fourth-order valence-corrected chi connectivity index (χ4v) is 4.30. The summed E-state index contributed by atoms with van der Waals surface area (Å²) in [4.78, 5) is 33.1. The molecular weight excluding hydrogens is 384 g/mol. The summed E-state index contributed by atoms with van der Waals surface area (Å²) >= 11 is 0. The molecule has 1 aromatic carbocycles. The van der Waals surface area contributed by atoms with E-state index in [1.807, 2.05) is 6.07 Å². The standard InChI is InChI=1S/C18H20N4O5S/c23-17(13-27-18(24)16-12-19-6-7-20-16)21-8-10-22(11-9-21)28(25,26)14-15-4-2-1-3-5-15/h1-7,12H,8-11,13-14H2. The monoisotopic (exact) mass is 404 g/mol. The number of ether oxygens (including phenoxy) is 1. The Balaban J connectivity index is 1.48. The van der Waals surface area contributed by atoms with Gasteiger partial charge >= 0.3 is 5.97 Å². The van der Waals surface area contributed by atoms with Crippen LogP contribution in [-0.2, 0) is 25.3 Å². The van der Waals surface area contributed by atoms with E-state index in [1.165, 1.54) is 27.8 Å². The Hall–Kier alpha value is -2.85. The number of aromatic nitrogens is 2. The molecule has 28 heavy (non-hydrogen) atoms. The molecule has 0 N–H and O–H groups in total. The maximum atomic E-state index is 12.5. The van der Waals surface area contributed by atoms with Crippen molar-refractivity contribution in [2.75, 3.05) is 32.8 Å². The van der Waals surface area contributed by atoms with Crippen LogP contribution < -0.4 is 0 Å². The number of hydrogen-bond donors (Lipinski definition) is 0. The highest BCUT2D eigenvalue weighted by Crippen LogP contribution is 2.14. The van der Waals surface area contributed by atoms with Gasteiger partial charge in [-0.2, -0.15) is 4.31 Å². The number of sulfonamides is 1. The van der Waals surface area contributed by atoms with E-state index in [0.29, 0.717) is 0 Å². The second-order valence-corrected chi connectivity index (χ2v) is 8.16. The highest BCUT2D eigenvalue weighted by Gasteiger charge is 2.29. The number of piperazine rings is 1. The largest absolute Gasteiger partial charge is 0.451 e. The first-order chi connectivity index (χ1) is 13.5. The Labute approximate surface area is 163 Å². The predicted molar refractivity (Wildman–Crippen MR) is 99.5 cm³/mol. The average molecular weight is 404 g/mol. The number of nitrogens with zero attached hydrogens (tertiary/aromatic N) is 4. The van der Waals surface area contributed by atoms with Gasteiger partial charge in [0.25, 0.3) is 5.91 Å². The highest BCUT2D eigenvalue weighted by atomic mass is 32.2. The van der Waals surface area contributed by atoms with Gasteiger partial charge < -0.3 is 9.64 Å². The lowest BCUT2D eigenvalue weighted by atomic mass is 10.2. The lowest BCUT2D eigenvalue weighted by molar-refractivity contribution is -0.135. The molecule has 0 bridgehead atoms. The molecule has 3 rings (SSSR count). The van der Waals surface area contributed by atoms with Gasteiger partial charge in [-0.1, -0.05) is 30.3 Å². The molecule has 2 heterocycles. The summed E-state index contributed by atoms with van der Waals surface area (Å²) in [5.41, 5.74) is 0.740. The third-order valence-corrected chi connectivity index (χ3v) is 6.13. The number of rotatable bonds is 6. The normalized spacial score (nSPS) is 15.2. The van der Waals surface area contributed by atoms with E-state index < -0.39 is 22.6 Å². The van der Waals surface area contributed by atoms with Crippen molar-refractivity contribution in [2.24, 2.45) is 0 Å². The molecule has 1 saturated heterocycles. The molecule has 148 valence electrons. The van der Waals surface area contributed by atoms with Crippen LogP contribution in [0.1, 0.15) is 16.1 Å². The van der Waals surface area contributed by atoms with Gasteiger partial charge in [-0.05, 0) is 5.56 Å². The average Bonchev–Trinajstić information content (AvgIpc) is 2.73. The number of esters is 1. The van der Waals surface area contributed by atoms with Crippen LogP contribution in [0.3, 0.4) is 0 Å². The second kappa shape index (κ2) is 8.89. The molecular formula is C18H20N4O5S. The van der Waals surface area contributed by atoms with Crippen molar-refractivity contribution in [1.29, 1.82) is 0 Å². The Kier molecular flexibility index (Phi) is 6.32. The van der Waals surface area contributed by atoms with Crippen LogP contribution in [0.4, 0.5) is 0 Å². The zero-order valence-corrected chi connectivity index (χ0v) is 15.9. The van der Waals surface area contributed by atoms with Crippen molar-refractivity contribution in [3.8, 4) is 0 Å². The summed E-state index contributed by atoms with van der Waals surface area (Å²) in [6.45, 7) is 0.481. The molecule has 1 aliphatic rings. The first kappa shape index (κ1) is 19.9. The van der Waals surface area contributed by atoms with Gasteiger partial charge in [0.2, 0.25) is 10.0 Å². The molecule has 0 unspecified atom stereocenters.